The van der Waals surface area contributed by atoms with Crippen LogP contribution >= 0.6 is 0 Å². The van der Waals surface area contributed by atoms with E-state index in [0.717, 1.165) is 19.4 Å². The fourth-order valence-corrected chi connectivity index (χ4v) is 2.66. The molecule has 0 aromatic heterocycles. The van der Waals surface area contributed by atoms with Gasteiger partial charge in [0.1, 0.15) is 5.60 Å². The lowest BCUT2D eigenvalue weighted by Gasteiger charge is -2.30. The van der Waals surface area contributed by atoms with Gasteiger partial charge in [-0.05, 0) is 39.2 Å². The molecule has 1 aliphatic heterocycles. The van der Waals surface area contributed by atoms with Crippen molar-refractivity contribution in [1.82, 2.24) is 4.90 Å². The zero-order valence-corrected chi connectivity index (χ0v) is 11.0. The Bertz CT molecular complexity index is 343. The second-order valence-corrected chi connectivity index (χ2v) is 5.85. The highest BCUT2D eigenvalue weighted by atomic mass is 16.6. The molecule has 0 radical (unpaired) electrons. The van der Waals surface area contributed by atoms with Crippen molar-refractivity contribution in [2.24, 2.45) is 5.92 Å². The predicted octanol–water partition coefficient (Wildman–Crippen LogP) is 2.55. The van der Waals surface area contributed by atoms with Crippen molar-refractivity contribution in [3.63, 3.8) is 0 Å². The largest absolute Gasteiger partial charge is 0.504 e. The number of hydrogen-bond acceptors (Lipinski definition) is 3. The van der Waals surface area contributed by atoms with Gasteiger partial charge in [-0.15, -0.1) is 0 Å². The second-order valence-electron chi connectivity index (χ2n) is 5.85. The minimum atomic E-state index is -0.413. The number of piperidine rings is 1. The highest BCUT2D eigenvalue weighted by Crippen LogP contribution is 2.42. The van der Waals surface area contributed by atoms with Crippen LogP contribution in [0.15, 0.2) is 11.8 Å². The van der Waals surface area contributed by atoms with Crippen molar-refractivity contribution in [2.75, 3.05) is 13.7 Å². The van der Waals surface area contributed by atoms with E-state index in [1.165, 1.54) is 5.57 Å². The highest BCUT2D eigenvalue weighted by Gasteiger charge is 2.44. The third-order valence-corrected chi connectivity index (χ3v) is 3.31. The Morgan fingerprint density at radius 2 is 2.18 bits per heavy atom. The van der Waals surface area contributed by atoms with E-state index in [1.807, 2.05) is 31.9 Å². The fourth-order valence-electron chi connectivity index (χ4n) is 2.66. The van der Waals surface area contributed by atoms with Crippen LogP contribution in [0.2, 0.25) is 0 Å². The van der Waals surface area contributed by atoms with Gasteiger partial charge in [-0.1, -0.05) is 0 Å². The van der Waals surface area contributed by atoms with Crippen molar-refractivity contribution in [2.45, 2.75) is 45.3 Å². The third-order valence-electron chi connectivity index (χ3n) is 3.31. The number of carbonyl (C=O) groups is 1. The first kappa shape index (κ1) is 12.3. The number of fused-ring (bicyclic) bond motifs is 2. The summed E-state index contributed by atoms with van der Waals surface area (Å²) in [6.45, 7) is 6.47. The van der Waals surface area contributed by atoms with Gasteiger partial charge >= 0.3 is 6.09 Å². The lowest BCUT2D eigenvalue weighted by Crippen LogP contribution is -2.41. The van der Waals surface area contributed by atoms with Crippen LogP contribution in [-0.4, -0.2) is 36.3 Å². The average molecular weight is 239 g/mol. The molecular weight excluding hydrogens is 218 g/mol. The predicted molar refractivity (Wildman–Crippen MR) is 64.5 cm³/mol. The second kappa shape index (κ2) is 4.24. The lowest BCUT2D eigenvalue weighted by atomic mass is 10.0. The van der Waals surface area contributed by atoms with Gasteiger partial charge in [0.15, 0.2) is 0 Å². The number of nitrogens with zero attached hydrogens (tertiary/aromatic N) is 1. The summed E-state index contributed by atoms with van der Waals surface area (Å²) < 4.78 is 10.5. The Balaban J connectivity index is 1.96. The number of ether oxygens (including phenoxy) is 2. The highest BCUT2D eigenvalue weighted by molar-refractivity contribution is 5.69. The zero-order chi connectivity index (χ0) is 12.6. The number of amides is 1. The van der Waals surface area contributed by atoms with Crippen LogP contribution in [0.25, 0.3) is 0 Å². The summed E-state index contributed by atoms with van der Waals surface area (Å²) in [6, 6.07) is 0.302. The van der Waals surface area contributed by atoms with Crippen molar-refractivity contribution in [1.29, 1.82) is 0 Å². The van der Waals surface area contributed by atoms with Gasteiger partial charge in [0.25, 0.3) is 0 Å². The Morgan fingerprint density at radius 3 is 2.65 bits per heavy atom. The molecule has 2 atom stereocenters. The first-order valence-electron chi connectivity index (χ1n) is 6.12. The zero-order valence-electron chi connectivity index (χ0n) is 11.0. The van der Waals surface area contributed by atoms with E-state index in [9.17, 15) is 4.79 Å². The van der Waals surface area contributed by atoms with E-state index in [-0.39, 0.29) is 6.09 Å². The molecule has 2 unspecified atom stereocenters. The summed E-state index contributed by atoms with van der Waals surface area (Å²) in [6.07, 6.45) is 3.63. The summed E-state index contributed by atoms with van der Waals surface area (Å²) in [5.41, 5.74) is 0.918. The molecule has 0 N–H and O–H groups in total. The molecule has 1 heterocycles. The van der Waals surface area contributed by atoms with Crippen LogP contribution in [-0.2, 0) is 9.47 Å². The van der Waals surface area contributed by atoms with Gasteiger partial charge in [0, 0.05) is 18.5 Å². The molecule has 1 aliphatic carbocycles. The van der Waals surface area contributed by atoms with Gasteiger partial charge in [0.2, 0.25) is 0 Å². The molecule has 17 heavy (non-hydrogen) atoms. The Kier molecular flexibility index (Phi) is 3.06. The van der Waals surface area contributed by atoms with Crippen LogP contribution in [0.1, 0.15) is 33.6 Å². The molecule has 2 fully saturated rings. The quantitative estimate of drug-likeness (QED) is 0.660. The van der Waals surface area contributed by atoms with E-state index >= 15 is 0 Å². The van der Waals surface area contributed by atoms with Crippen LogP contribution in [0.3, 0.4) is 0 Å². The van der Waals surface area contributed by atoms with Crippen LogP contribution in [0, 0.1) is 5.92 Å². The van der Waals surface area contributed by atoms with E-state index in [0.29, 0.717) is 12.0 Å². The van der Waals surface area contributed by atoms with E-state index in [4.69, 9.17) is 9.47 Å². The molecule has 2 rings (SSSR count). The minimum absolute atomic E-state index is 0.179. The van der Waals surface area contributed by atoms with Gasteiger partial charge in [0.05, 0.1) is 13.4 Å². The van der Waals surface area contributed by atoms with Gasteiger partial charge in [-0.2, -0.15) is 0 Å². The van der Waals surface area contributed by atoms with Gasteiger partial charge in [-0.3, -0.25) is 0 Å². The molecular formula is C13H21NO3. The lowest BCUT2D eigenvalue weighted by molar-refractivity contribution is 0.0208. The van der Waals surface area contributed by atoms with Crippen molar-refractivity contribution in [3.8, 4) is 0 Å². The van der Waals surface area contributed by atoms with E-state index in [1.54, 1.807) is 7.11 Å². The summed E-state index contributed by atoms with van der Waals surface area (Å²) in [5, 5.41) is 0. The van der Waals surface area contributed by atoms with E-state index in [2.05, 4.69) is 0 Å². The summed E-state index contributed by atoms with van der Waals surface area (Å²) in [5.74, 6) is 0.465. The molecule has 4 heteroatoms. The summed E-state index contributed by atoms with van der Waals surface area (Å²) >= 11 is 0. The average Bonchev–Trinajstić information content (AvgIpc) is 2.74. The molecule has 2 aliphatic rings. The van der Waals surface area contributed by atoms with Crippen LogP contribution in [0.4, 0.5) is 4.79 Å². The number of carbonyl (C=O) groups excluding carboxylic acids is 1. The smallest absolute Gasteiger partial charge is 0.410 e. The standard InChI is InChI=1S/C13H21NO3/c1-13(2,3)17-12(15)14-7-9-5-11(14)6-10(9)8-16-4/h8-9,11H,5-7H2,1-4H3. The first-order chi connectivity index (χ1) is 7.90. The summed E-state index contributed by atoms with van der Waals surface area (Å²) in [7, 11) is 1.67. The van der Waals surface area contributed by atoms with Crippen molar-refractivity contribution >= 4 is 6.09 Å². The van der Waals surface area contributed by atoms with Crippen molar-refractivity contribution < 1.29 is 14.3 Å². The molecule has 4 nitrogen and oxygen atoms in total. The van der Waals surface area contributed by atoms with Crippen LogP contribution < -0.4 is 0 Å². The maximum Gasteiger partial charge on any atom is 0.410 e. The number of hydrogen-bond donors (Lipinski definition) is 0. The number of rotatable bonds is 1. The monoisotopic (exact) mass is 239 g/mol. The maximum atomic E-state index is 12.0. The Labute approximate surface area is 103 Å². The first-order valence-corrected chi connectivity index (χ1v) is 6.12. The molecule has 2 bridgehead atoms. The Morgan fingerprint density at radius 1 is 1.47 bits per heavy atom. The Hall–Kier alpha value is -1.19. The van der Waals surface area contributed by atoms with E-state index < -0.39 is 5.60 Å². The molecule has 0 aromatic rings. The maximum absolute atomic E-state index is 12.0. The molecule has 0 spiro atoms. The molecule has 96 valence electrons. The molecule has 1 amide bonds. The summed E-state index contributed by atoms with van der Waals surface area (Å²) in [4.78, 5) is 13.8. The van der Waals surface area contributed by atoms with Gasteiger partial charge in [-0.25, -0.2) is 4.79 Å². The van der Waals surface area contributed by atoms with Crippen LogP contribution in [0.5, 0.6) is 0 Å². The van der Waals surface area contributed by atoms with Crippen molar-refractivity contribution in [3.05, 3.63) is 11.8 Å². The molecule has 1 saturated carbocycles. The third kappa shape index (κ3) is 2.56. The topological polar surface area (TPSA) is 38.8 Å². The SMILES string of the molecule is COC=C1CC2CC1CN2C(=O)OC(C)(C)C. The number of methoxy groups -OCH3 is 1. The molecule has 1 saturated heterocycles. The minimum Gasteiger partial charge on any atom is -0.504 e. The van der Waals surface area contributed by atoms with Gasteiger partial charge < -0.3 is 14.4 Å². The fraction of sp³-hybridized carbons (Fsp3) is 0.769. The number of likely N-dealkylation sites (tertiary alicyclic amines) is 1. The normalized spacial score (nSPS) is 29.9. The molecule has 0 aromatic carbocycles.